The van der Waals surface area contributed by atoms with Gasteiger partial charge in [-0.25, -0.2) is 0 Å². The van der Waals surface area contributed by atoms with Gasteiger partial charge in [-0.3, -0.25) is 4.79 Å². The molecule has 1 heterocycles. The van der Waals surface area contributed by atoms with Crippen LogP contribution in [0.1, 0.15) is 25.7 Å². The number of carbonyl (C=O) groups is 1. The summed E-state index contributed by atoms with van der Waals surface area (Å²) in [4.78, 5) is 12.0. The van der Waals surface area contributed by atoms with Gasteiger partial charge in [-0.1, -0.05) is 19.6 Å². The summed E-state index contributed by atoms with van der Waals surface area (Å²) in [6, 6.07) is 1.04. The van der Waals surface area contributed by atoms with Crippen LogP contribution in [0.5, 0.6) is 0 Å². The molecule has 1 saturated heterocycles. The number of ether oxygens (including phenoxy) is 3. The molecule has 0 bridgehead atoms. The van der Waals surface area contributed by atoms with Gasteiger partial charge in [0.05, 0.1) is 25.7 Å². The van der Waals surface area contributed by atoms with E-state index in [1.54, 1.807) is 0 Å². The van der Waals surface area contributed by atoms with Crippen molar-refractivity contribution >= 4 is 14.0 Å². The molecule has 0 aromatic rings. The molecule has 0 unspecified atom stereocenters. The van der Waals surface area contributed by atoms with Gasteiger partial charge in [0.25, 0.3) is 0 Å². The van der Waals surface area contributed by atoms with Gasteiger partial charge < -0.3 is 14.2 Å². The number of carbonyl (C=O) groups excluding carboxylic acids is 1. The Morgan fingerprint density at radius 2 is 1.79 bits per heavy atom. The fourth-order valence-corrected chi connectivity index (χ4v) is 3.37. The van der Waals surface area contributed by atoms with Gasteiger partial charge in [0.15, 0.2) is 5.79 Å². The van der Waals surface area contributed by atoms with Gasteiger partial charge in [0.1, 0.15) is 0 Å². The molecule has 2 fully saturated rings. The molecule has 0 aromatic carbocycles. The van der Waals surface area contributed by atoms with E-state index in [4.69, 9.17) is 14.2 Å². The van der Waals surface area contributed by atoms with Crippen molar-refractivity contribution < 1.29 is 19.0 Å². The Bertz CT molecular complexity index is 308. The minimum atomic E-state index is -1.12. The zero-order chi connectivity index (χ0) is 13.9. The van der Waals surface area contributed by atoms with Crippen LogP contribution in [0.4, 0.5) is 0 Å². The Hall–Kier alpha value is -0.393. The Morgan fingerprint density at radius 1 is 1.21 bits per heavy atom. The molecule has 110 valence electrons. The maximum atomic E-state index is 12.0. The van der Waals surface area contributed by atoms with Gasteiger partial charge in [-0.2, -0.15) is 0 Å². The molecule has 0 radical (unpaired) electrons. The quantitative estimate of drug-likeness (QED) is 0.589. The Labute approximate surface area is 116 Å². The molecule has 2 rings (SSSR count). The molecule has 1 saturated carbocycles. The van der Waals surface area contributed by atoms with Crippen LogP contribution in [-0.2, 0) is 19.0 Å². The van der Waals surface area contributed by atoms with Crippen LogP contribution >= 0.6 is 0 Å². The lowest BCUT2D eigenvalue weighted by atomic mass is 9.85. The van der Waals surface area contributed by atoms with E-state index in [2.05, 4.69) is 19.6 Å². The van der Waals surface area contributed by atoms with E-state index in [0.717, 1.165) is 31.7 Å². The summed E-state index contributed by atoms with van der Waals surface area (Å²) in [7, 11) is -1.12. The maximum Gasteiger partial charge on any atom is 0.308 e. The monoisotopic (exact) mass is 286 g/mol. The predicted molar refractivity (Wildman–Crippen MR) is 75.7 cm³/mol. The minimum Gasteiger partial charge on any atom is -0.466 e. The van der Waals surface area contributed by atoms with Crippen molar-refractivity contribution in [1.82, 2.24) is 0 Å². The van der Waals surface area contributed by atoms with Crippen LogP contribution in [0, 0.1) is 5.92 Å². The van der Waals surface area contributed by atoms with E-state index in [1.165, 1.54) is 0 Å². The molecule has 1 aliphatic carbocycles. The molecular formula is C14H26O4Si. The van der Waals surface area contributed by atoms with Crippen LogP contribution in [0.2, 0.25) is 25.7 Å². The van der Waals surface area contributed by atoms with Crippen LogP contribution in [0.3, 0.4) is 0 Å². The van der Waals surface area contributed by atoms with Crippen molar-refractivity contribution in [3.63, 3.8) is 0 Å². The second-order valence-corrected chi connectivity index (χ2v) is 12.5. The molecule has 0 atom stereocenters. The molecule has 0 N–H and O–H groups in total. The Kier molecular flexibility index (Phi) is 4.69. The zero-order valence-electron chi connectivity index (χ0n) is 12.4. The average molecular weight is 286 g/mol. The van der Waals surface area contributed by atoms with E-state index in [1.807, 2.05) is 0 Å². The fraction of sp³-hybridized carbons (Fsp3) is 0.929. The molecule has 1 spiro atoms. The minimum absolute atomic E-state index is 0.0221. The third-order valence-electron chi connectivity index (χ3n) is 3.99. The lowest BCUT2D eigenvalue weighted by Gasteiger charge is -2.34. The summed E-state index contributed by atoms with van der Waals surface area (Å²) >= 11 is 0. The smallest absolute Gasteiger partial charge is 0.308 e. The van der Waals surface area contributed by atoms with Crippen LogP contribution in [0.15, 0.2) is 0 Å². The zero-order valence-corrected chi connectivity index (χ0v) is 13.4. The molecule has 0 aromatic heterocycles. The molecule has 19 heavy (non-hydrogen) atoms. The predicted octanol–water partition coefficient (Wildman–Crippen LogP) is 2.80. The standard InChI is InChI=1S/C14H26O4Si/c1-19(2,3)11-10-16-13(15)12-4-6-14(7-5-12)17-8-9-18-14/h12H,4-11H2,1-3H3. The lowest BCUT2D eigenvalue weighted by molar-refractivity contribution is -0.187. The van der Waals surface area contributed by atoms with Crippen LogP contribution < -0.4 is 0 Å². The first-order valence-electron chi connectivity index (χ1n) is 7.35. The van der Waals surface area contributed by atoms with Crippen molar-refractivity contribution in [1.29, 1.82) is 0 Å². The summed E-state index contributed by atoms with van der Waals surface area (Å²) in [5, 5.41) is 0. The first kappa shape index (κ1) is 15.0. The second kappa shape index (κ2) is 5.93. The van der Waals surface area contributed by atoms with Crippen molar-refractivity contribution in [2.75, 3.05) is 19.8 Å². The fourth-order valence-electron chi connectivity index (χ4n) is 2.65. The summed E-state index contributed by atoms with van der Waals surface area (Å²) in [5.41, 5.74) is 0. The van der Waals surface area contributed by atoms with E-state index in [9.17, 15) is 4.79 Å². The summed E-state index contributed by atoms with van der Waals surface area (Å²) in [5.74, 6) is -0.360. The van der Waals surface area contributed by atoms with E-state index < -0.39 is 8.07 Å². The highest BCUT2D eigenvalue weighted by atomic mass is 28.3. The van der Waals surface area contributed by atoms with Crippen LogP contribution in [-0.4, -0.2) is 39.7 Å². The molecule has 0 amide bonds. The van der Waals surface area contributed by atoms with Crippen molar-refractivity contribution in [3.05, 3.63) is 0 Å². The van der Waals surface area contributed by atoms with E-state index in [-0.39, 0.29) is 17.7 Å². The van der Waals surface area contributed by atoms with Crippen LogP contribution in [0.25, 0.3) is 0 Å². The van der Waals surface area contributed by atoms with Crippen molar-refractivity contribution in [3.8, 4) is 0 Å². The Morgan fingerprint density at radius 3 is 2.32 bits per heavy atom. The summed E-state index contributed by atoms with van der Waals surface area (Å²) in [6.45, 7) is 8.83. The van der Waals surface area contributed by atoms with Crippen molar-refractivity contribution in [2.24, 2.45) is 5.92 Å². The number of hydrogen-bond acceptors (Lipinski definition) is 4. The lowest BCUT2D eigenvalue weighted by Crippen LogP contribution is -2.37. The summed E-state index contributed by atoms with van der Waals surface area (Å²) in [6.07, 6.45) is 3.29. The van der Waals surface area contributed by atoms with Gasteiger partial charge in [-0.15, -0.1) is 0 Å². The summed E-state index contributed by atoms with van der Waals surface area (Å²) < 4.78 is 16.8. The first-order valence-corrected chi connectivity index (χ1v) is 11.1. The SMILES string of the molecule is C[Si](C)(C)CCOC(=O)C1CCC2(CC1)OCCO2. The highest BCUT2D eigenvalue weighted by molar-refractivity contribution is 6.76. The number of hydrogen-bond donors (Lipinski definition) is 0. The maximum absolute atomic E-state index is 12.0. The second-order valence-electron chi connectivity index (χ2n) is 6.86. The molecular weight excluding hydrogens is 260 g/mol. The topological polar surface area (TPSA) is 44.8 Å². The third kappa shape index (κ3) is 4.29. The van der Waals surface area contributed by atoms with Gasteiger partial charge in [0.2, 0.25) is 0 Å². The third-order valence-corrected chi connectivity index (χ3v) is 5.69. The first-order chi connectivity index (χ1) is 8.90. The molecule has 2 aliphatic rings. The highest BCUT2D eigenvalue weighted by Gasteiger charge is 2.42. The number of esters is 1. The van der Waals surface area contributed by atoms with Gasteiger partial charge in [0, 0.05) is 20.9 Å². The largest absolute Gasteiger partial charge is 0.466 e. The van der Waals surface area contributed by atoms with Gasteiger partial charge >= 0.3 is 5.97 Å². The highest BCUT2D eigenvalue weighted by Crippen LogP contribution is 2.38. The number of rotatable bonds is 4. The molecule has 1 aliphatic heterocycles. The normalized spacial score (nSPS) is 23.7. The van der Waals surface area contributed by atoms with Gasteiger partial charge in [-0.05, 0) is 18.9 Å². The average Bonchev–Trinajstić information content (AvgIpc) is 2.77. The molecule has 4 nitrogen and oxygen atoms in total. The van der Waals surface area contributed by atoms with E-state index >= 15 is 0 Å². The Balaban J connectivity index is 1.70. The molecule has 5 heteroatoms. The van der Waals surface area contributed by atoms with E-state index in [0.29, 0.717) is 19.8 Å². The van der Waals surface area contributed by atoms with Crippen molar-refractivity contribution in [2.45, 2.75) is 57.2 Å².